The molecule has 1 rings (SSSR count). The van der Waals surface area contributed by atoms with Crippen molar-refractivity contribution in [1.29, 1.82) is 5.26 Å². The van der Waals surface area contributed by atoms with E-state index in [0.29, 0.717) is 6.54 Å². The molecule has 1 fully saturated rings. The van der Waals surface area contributed by atoms with E-state index in [-0.39, 0.29) is 11.8 Å². The maximum Gasteiger partial charge on any atom is 0.243 e. The molecule has 3 nitrogen and oxygen atoms in total. The Hall–Kier alpha value is -1.30. The lowest BCUT2D eigenvalue weighted by Crippen LogP contribution is -2.26. The highest BCUT2D eigenvalue weighted by Crippen LogP contribution is 2.24. The van der Waals surface area contributed by atoms with Gasteiger partial charge < -0.3 is 5.32 Å². The second kappa shape index (κ2) is 4.66. The molecule has 1 saturated carbocycles. The highest BCUT2D eigenvalue weighted by molar-refractivity contribution is 5.88. The van der Waals surface area contributed by atoms with E-state index < -0.39 is 0 Å². The van der Waals surface area contributed by atoms with Crippen molar-refractivity contribution >= 4 is 5.91 Å². The van der Waals surface area contributed by atoms with E-state index >= 15 is 0 Å². The van der Waals surface area contributed by atoms with E-state index in [9.17, 15) is 4.79 Å². The standard InChI is InChI=1S/C10H14N2O/c1-8(6-11)7-12-10(13)5-9-3-2-4-9/h5,8H,2-4,7H2,1H3,(H,12,13). The summed E-state index contributed by atoms with van der Waals surface area (Å²) in [5, 5.41) is 11.2. The first-order valence-corrected chi connectivity index (χ1v) is 4.59. The molecule has 1 aliphatic rings. The van der Waals surface area contributed by atoms with Gasteiger partial charge in [0.1, 0.15) is 0 Å². The average Bonchev–Trinajstić information content (AvgIpc) is 2.07. The van der Waals surface area contributed by atoms with Gasteiger partial charge in [0.2, 0.25) is 5.91 Å². The van der Waals surface area contributed by atoms with E-state index in [0.717, 1.165) is 12.8 Å². The summed E-state index contributed by atoms with van der Waals surface area (Å²) in [6.07, 6.45) is 4.98. The van der Waals surface area contributed by atoms with Crippen molar-refractivity contribution < 1.29 is 4.79 Å². The van der Waals surface area contributed by atoms with Crippen molar-refractivity contribution in [3.8, 4) is 6.07 Å². The topological polar surface area (TPSA) is 52.9 Å². The van der Waals surface area contributed by atoms with Gasteiger partial charge in [-0.05, 0) is 26.2 Å². The molecule has 13 heavy (non-hydrogen) atoms. The van der Waals surface area contributed by atoms with Gasteiger partial charge in [-0.25, -0.2) is 0 Å². The van der Waals surface area contributed by atoms with Crippen molar-refractivity contribution in [2.45, 2.75) is 26.2 Å². The summed E-state index contributed by atoms with van der Waals surface area (Å²) >= 11 is 0. The molecule has 0 saturated heterocycles. The zero-order valence-electron chi connectivity index (χ0n) is 7.84. The Morgan fingerprint density at radius 1 is 1.77 bits per heavy atom. The van der Waals surface area contributed by atoms with Crippen LogP contribution >= 0.6 is 0 Å². The minimum Gasteiger partial charge on any atom is -0.351 e. The minimum atomic E-state index is -0.108. The van der Waals surface area contributed by atoms with Crippen LogP contribution in [0.25, 0.3) is 0 Å². The van der Waals surface area contributed by atoms with Gasteiger partial charge in [0.25, 0.3) is 0 Å². The molecule has 1 amide bonds. The lowest BCUT2D eigenvalue weighted by Gasteiger charge is -2.15. The number of rotatable bonds is 3. The Bertz CT molecular complexity index is 257. The molecule has 1 atom stereocenters. The molecule has 0 bridgehead atoms. The quantitative estimate of drug-likeness (QED) is 0.663. The van der Waals surface area contributed by atoms with Gasteiger partial charge in [-0.3, -0.25) is 4.79 Å². The fraction of sp³-hybridized carbons (Fsp3) is 0.600. The van der Waals surface area contributed by atoms with Crippen LogP contribution in [0.1, 0.15) is 26.2 Å². The summed E-state index contributed by atoms with van der Waals surface area (Å²) in [6.45, 7) is 2.23. The Balaban J connectivity index is 2.22. The molecule has 0 aromatic heterocycles. The molecule has 3 heteroatoms. The highest BCUT2D eigenvalue weighted by atomic mass is 16.1. The first kappa shape index (κ1) is 9.79. The third-order valence-electron chi connectivity index (χ3n) is 2.13. The predicted molar refractivity (Wildman–Crippen MR) is 49.7 cm³/mol. The molecular formula is C10H14N2O. The number of allylic oxidation sites excluding steroid dienone is 1. The molecular weight excluding hydrogens is 164 g/mol. The number of hydrogen-bond donors (Lipinski definition) is 1. The highest BCUT2D eigenvalue weighted by Gasteiger charge is 2.10. The van der Waals surface area contributed by atoms with Crippen molar-refractivity contribution in [2.24, 2.45) is 5.92 Å². The first-order chi connectivity index (χ1) is 6.22. The average molecular weight is 178 g/mol. The number of nitriles is 1. The second-order valence-corrected chi connectivity index (χ2v) is 3.43. The van der Waals surface area contributed by atoms with Crippen molar-refractivity contribution in [2.75, 3.05) is 6.54 Å². The van der Waals surface area contributed by atoms with Gasteiger partial charge in [-0.2, -0.15) is 5.26 Å². The van der Waals surface area contributed by atoms with Crippen molar-refractivity contribution in [1.82, 2.24) is 5.32 Å². The third kappa shape index (κ3) is 3.29. The van der Waals surface area contributed by atoms with Gasteiger partial charge in [-0.15, -0.1) is 0 Å². The summed E-state index contributed by atoms with van der Waals surface area (Å²) < 4.78 is 0. The number of nitrogens with one attached hydrogen (secondary N) is 1. The van der Waals surface area contributed by atoms with Crippen LogP contribution in [-0.4, -0.2) is 12.5 Å². The maximum atomic E-state index is 11.2. The van der Waals surface area contributed by atoms with Crippen LogP contribution in [0.15, 0.2) is 11.6 Å². The molecule has 1 unspecified atom stereocenters. The molecule has 0 radical (unpaired) electrons. The summed E-state index contributed by atoms with van der Waals surface area (Å²) in [5.74, 6) is -0.166. The predicted octanol–water partition coefficient (Wildman–Crippen LogP) is 1.37. The Labute approximate surface area is 78.4 Å². The molecule has 1 N–H and O–H groups in total. The molecule has 1 aliphatic carbocycles. The molecule has 0 aromatic carbocycles. The summed E-state index contributed by atoms with van der Waals surface area (Å²) in [5.41, 5.74) is 1.22. The van der Waals surface area contributed by atoms with Crippen LogP contribution in [0.5, 0.6) is 0 Å². The summed E-state index contributed by atoms with van der Waals surface area (Å²) in [7, 11) is 0. The zero-order valence-corrected chi connectivity index (χ0v) is 7.84. The molecule has 0 spiro atoms. The van der Waals surface area contributed by atoms with Crippen molar-refractivity contribution in [3.05, 3.63) is 11.6 Å². The van der Waals surface area contributed by atoms with Crippen LogP contribution in [0.4, 0.5) is 0 Å². The molecule has 70 valence electrons. The Morgan fingerprint density at radius 2 is 2.46 bits per heavy atom. The molecule has 0 heterocycles. The van der Waals surface area contributed by atoms with Crippen LogP contribution < -0.4 is 5.32 Å². The van der Waals surface area contributed by atoms with Crippen LogP contribution in [-0.2, 0) is 4.79 Å². The fourth-order valence-electron chi connectivity index (χ4n) is 1.06. The van der Waals surface area contributed by atoms with Gasteiger partial charge in [0, 0.05) is 12.6 Å². The van der Waals surface area contributed by atoms with Gasteiger partial charge in [0.05, 0.1) is 12.0 Å². The van der Waals surface area contributed by atoms with Crippen LogP contribution in [0, 0.1) is 17.2 Å². The maximum absolute atomic E-state index is 11.2. The smallest absolute Gasteiger partial charge is 0.243 e. The monoisotopic (exact) mass is 178 g/mol. The van der Waals surface area contributed by atoms with E-state index in [4.69, 9.17) is 5.26 Å². The summed E-state index contributed by atoms with van der Waals surface area (Å²) in [4.78, 5) is 11.2. The van der Waals surface area contributed by atoms with Gasteiger partial charge in [-0.1, -0.05) is 5.57 Å². The van der Waals surface area contributed by atoms with Gasteiger partial charge >= 0.3 is 0 Å². The largest absolute Gasteiger partial charge is 0.351 e. The first-order valence-electron chi connectivity index (χ1n) is 4.59. The van der Waals surface area contributed by atoms with Crippen LogP contribution in [0.3, 0.4) is 0 Å². The number of carbonyl (C=O) groups excluding carboxylic acids is 1. The summed E-state index contributed by atoms with van der Waals surface area (Å²) in [6, 6.07) is 2.07. The number of hydrogen-bond acceptors (Lipinski definition) is 2. The van der Waals surface area contributed by atoms with E-state index in [1.165, 1.54) is 12.0 Å². The third-order valence-corrected chi connectivity index (χ3v) is 2.13. The zero-order chi connectivity index (χ0) is 9.68. The normalized spacial score (nSPS) is 16.8. The minimum absolute atomic E-state index is 0.0585. The van der Waals surface area contributed by atoms with E-state index in [1.807, 2.05) is 0 Å². The van der Waals surface area contributed by atoms with E-state index in [1.54, 1.807) is 13.0 Å². The second-order valence-electron chi connectivity index (χ2n) is 3.43. The van der Waals surface area contributed by atoms with Crippen molar-refractivity contribution in [3.63, 3.8) is 0 Å². The fourth-order valence-corrected chi connectivity index (χ4v) is 1.06. The Morgan fingerprint density at radius 3 is 2.92 bits per heavy atom. The van der Waals surface area contributed by atoms with Crippen LogP contribution in [0.2, 0.25) is 0 Å². The lowest BCUT2D eigenvalue weighted by atomic mass is 9.92. The van der Waals surface area contributed by atoms with E-state index in [2.05, 4.69) is 11.4 Å². The number of amides is 1. The molecule has 0 aliphatic heterocycles. The lowest BCUT2D eigenvalue weighted by molar-refractivity contribution is -0.116. The SMILES string of the molecule is CC(C#N)CNC(=O)C=C1CCC1. The number of carbonyl (C=O) groups is 1. The molecule has 0 aromatic rings. The Kier molecular flexibility index (Phi) is 3.51. The van der Waals surface area contributed by atoms with Gasteiger partial charge in [0.15, 0.2) is 0 Å². The number of nitrogens with zero attached hydrogens (tertiary/aromatic N) is 1.